The molecule has 0 aliphatic rings. The van der Waals surface area contributed by atoms with Crippen LogP contribution in [-0.4, -0.2) is 24.8 Å². The Bertz CT molecular complexity index is 203. The Balaban J connectivity index is 4.75. The fourth-order valence-electron chi connectivity index (χ4n) is 0.153. The highest BCUT2D eigenvalue weighted by Gasteiger charge is 1.89. The molecule has 0 aromatic rings. The molecule has 46 valence electrons. The van der Waals surface area contributed by atoms with E-state index in [0.717, 1.165) is 0 Å². The van der Waals surface area contributed by atoms with Crippen molar-refractivity contribution in [2.45, 2.75) is 6.42 Å². The summed E-state index contributed by atoms with van der Waals surface area (Å²) in [5, 5.41) is 1.79. The average Bonchev–Trinajstić information content (AvgIpc) is 1.83. The van der Waals surface area contributed by atoms with Crippen molar-refractivity contribution in [3.8, 4) is 0 Å². The molecule has 0 aliphatic heterocycles. The Morgan fingerprint density at radius 3 is 3.25 bits per heavy atom. The molecule has 0 unspecified atom stereocenters. The number of carbonyl (C=O) groups excluding carboxylic acids is 1. The second kappa shape index (κ2) is 4.23. The SMILES string of the molecule is [2H]C([2H])([2H])N(N=O)C([2H])([2H])CC=O. The molecule has 0 N–H and O–H groups in total. The zero-order valence-corrected chi connectivity index (χ0v) is 4.00. The van der Waals surface area contributed by atoms with Crippen LogP contribution in [-0.2, 0) is 4.79 Å². The van der Waals surface area contributed by atoms with Crippen molar-refractivity contribution < 1.29 is 11.6 Å². The Hall–Kier alpha value is -0.930. The van der Waals surface area contributed by atoms with Crippen molar-refractivity contribution in [3.05, 3.63) is 4.91 Å². The zero-order chi connectivity index (χ0) is 10.7. The van der Waals surface area contributed by atoms with Crippen molar-refractivity contribution >= 4 is 6.29 Å². The molecule has 0 saturated carbocycles. The summed E-state index contributed by atoms with van der Waals surface area (Å²) in [5.41, 5.74) is 0. The number of nitroso groups, excluding NO2 is 1. The van der Waals surface area contributed by atoms with Gasteiger partial charge in [0.15, 0.2) is 0 Å². The molecule has 8 heavy (non-hydrogen) atoms. The summed E-state index contributed by atoms with van der Waals surface area (Å²) in [5.74, 6) is 0. The van der Waals surface area contributed by atoms with E-state index in [1.165, 1.54) is 0 Å². The van der Waals surface area contributed by atoms with Gasteiger partial charge in [0.2, 0.25) is 0 Å². The molecule has 0 aliphatic carbocycles. The van der Waals surface area contributed by atoms with Crippen molar-refractivity contribution in [1.82, 2.24) is 5.01 Å². The maximum Gasteiger partial charge on any atom is 0.121 e. The van der Waals surface area contributed by atoms with Gasteiger partial charge in [-0.15, -0.1) is 4.91 Å². The third-order valence-electron chi connectivity index (χ3n) is 0.406. The molecule has 4 heteroatoms. The van der Waals surface area contributed by atoms with Crippen LogP contribution in [0, 0.1) is 4.91 Å². The number of carbonyl (C=O) groups is 1. The maximum absolute atomic E-state index is 10.0. The lowest BCUT2D eigenvalue weighted by molar-refractivity contribution is -0.108. The van der Waals surface area contributed by atoms with E-state index in [4.69, 9.17) is 6.85 Å². The Morgan fingerprint density at radius 1 is 2.12 bits per heavy atom. The van der Waals surface area contributed by atoms with Crippen LogP contribution in [0.15, 0.2) is 5.29 Å². The minimum absolute atomic E-state index is 0.184. The maximum atomic E-state index is 10.0. The first kappa shape index (κ1) is 2.13. The lowest BCUT2D eigenvalue weighted by Gasteiger charge is -2.02. The van der Waals surface area contributed by atoms with Gasteiger partial charge in [-0.3, -0.25) is 5.01 Å². The second-order valence-electron chi connectivity index (χ2n) is 0.922. The molecule has 0 aromatic carbocycles. The van der Waals surface area contributed by atoms with Gasteiger partial charge >= 0.3 is 0 Å². The summed E-state index contributed by atoms with van der Waals surface area (Å²) >= 11 is 0. The van der Waals surface area contributed by atoms with Gasteiger partial charge in [0, 0.05) is 24.0 Å². The van der Waals surface area contributed by atoms with E-state index in [1.54, 1.807) is 0 Å². The summed E-state index contributed by atoms with van der Waals surface area (Å²) < 4.78 is 34.3. The van der Waals surface area contributed by atoms with Crippen LogP contribution in [0.25, 0.3) is 0 Å². The summed E-state index contributed by atoms with van der Waals surface area (Å²) in [6.45, 7) is -5.55. The highest BCUT2D eigenvalue weighted by molar-refractivity contribution is 5.49. The standard InChI is InChI=1S/C4H8N2O2/c1-6(5-8)3-2-4-7/h4H,2-3H2,1H3/i1D3,3D2. The number of rotatable bonds is 4. The topological polar surface area (TPSA) is 49.7 Å². The minimum Gasteiger partial charge on any atom is -0.303 e. The van der Waals surface area contributed by atoms with Crippen LogP contribution in [0.3, 0.4) is 0 Å². The lowest BCUT2D eigenvalue weighted by atomic mass is 10.5. The van der Waals surface area contributed by atoms with Gasteiger partial charge in [0.1, 0.15) is 6.29 Å². The Labute approximate surface area is 54.4 Å². The van der Waals surface area contributed by atoms with E-state index in [9.17, 15) is 9.70 Å². The first-order chi connectivity index (χ1) is 5.75. The largest absolute Gasteiger partial charge is 0.303 e. The summed E-state index contributed by atoms with van der Waals surface area (Å²) in [6.07, 6.45) is -0.541. The third-order valence-corrected chi connectivity index (χ3v) is 0.406. The van der Waals surface area contributed by atoms with Gasteiger partial charge in [-0.1, -0.05) is 0 Å². The van der Waals surface area contributed by atoms with Crippen LogP contribution >= 0.6 is 0 Å². The smallest absolute Gasteiger partial charge is 0.121 e. The monoisotopic (exact) mass is 121 g/mol. The van der Waals surface area contributed by atoms with Crippen LogP contribution in [0.5, 0.6) is 0 Å². The predicted octanol–water partition coefficient (Wildman–Crippen LogP) is 0.189. The average molecular weight is 121 g/mol. The molecular weight excluding hydrogens is 108 g/mol. The van der Waals surface area contributed by atoms with Gasteiger partial charge in [-0.25, -0.2) is 0 Å². The van der Waals surface area contributed by atoms with E-state index >= 15 is 0 Å². The normalized spacial score (nSPS) is 20.8. The van der Waals surface area contributed by atoms with Gasteiger partial charge in [0.05, 0.1) is 8.03 Å². The predicted molar refractivity (Wildman–Crippen MR) is 29.1 cm³/mol. The quantitative estimate of drug-likeness (QED) is 0.303. The van der Waals surface area contributed by atoms with Crippen molar-refractivity contribution in [2.24, 2.45) is 5.29 Å². The fraction of sp³-hybridized carbons (Fsp3) is 0.750. The van der Waals surface area contributed by atoms with Gasteiger partial charge < -0.3 is 4.79 Å². The van der Waals surface area contributed by atoms with Crippen molar-refractivity contribution in [3.63, 3.8) is 0 Å². The molecule has 4 nitrogen and oxygen atoms in total. The fourth-order valence-corrected chi connectivity index (χ4v) is 0.153. The van der Waals surface area contributed by atoms with Crippen LogP contribution < -0.4 is 0 Å². The molecule has 0 atom stereocenters. The van der Waals surface area contributed by atoms with E-state index < -0.39 is 19.9 Å². The highest BCUT2D eigenvalue weighted by atomic mass is 16.3. The molecule has 0 fully saturated rings. The molecule has 0 radical (unpaired) electrons. The van der Waals surface area contributed by atoms with Gasteiger partial charge in [-0.05, 0) is 0 Å². The number of hydrogen-bond acceptors (Lipinski definition) is 3. The number of aldehydes is 1. The van der Waals surface area contributed by atoms with E-state index in [-0.39, 0.29) is 11.3 Å². The zero-order valence-electron chi connectivity index (χ0n) is 9.00. The van der Waals surface area contributed by atoms with Gasteiger partial charge in [0.25, 0.3) is 0 Å². The van der Waals surface area contributed by atoms with Gasteiger partial charge in [-0.2, -0.15) is 0 Å². The molecular formula is C4H8N2O2. The summed E-state index contributed by atoms with van der Waals surface area (Å²) in [7, 11) is 0. The third kappa shape index (κ3) is 3.27. The Kier molecular flexibility index (Phi) is 1.13. The van der Waals surface area contributed by atoms with Crippen LogP contribution in [0.2, 0.25) is 0 Å². The van der Waals surface area contributed by atoms with E-state index in [1.807, 2.05) is 5.29 Å². The molecule has 0 saturated heterocycles. The molecule has 0 aromatic heterocycles. The minimum atomic E-state index is -2.98. The molecule has 0 heterocycles. The molecule has 0 bridgehead atoms. The first-order valence-corrected chi connectivity index (χ1v) is 1.83. The van der Waals surface area contributed by atoms with E-state index in [2.05, 4.69) is 0 Å². The number of nitrogens with zero attached hydrogens (tertiary/aromatic N) is 2. The second-order valence-corrected chi connectivity index (χ2v) is 0.922. The van der Waals surface area contributed by atoms with Crippen molar-refractivity contribution in [2.75, 3.05) is 13.5 Å². The van der Waals surface area contributed by atoms with Crippen LogP contribution in [0.1, 0.15) is 13.3 Å². The van der Waals surface area contributed by atoms with Crippen LogP contribution in [0.4, 0.5) is 0 Å². The molecule has 0 spiro atoms. The molecule has 0 rings (SSSR count). The van der Waals surface area contributed by atoms with Crippen molar-refractivity contribution in [1.29, 1.82) is 0 Å². The number of hydrogen-bond donors (Lipinski definition) is 0. The Morgan fingerprint density at radius 2 is 2.88 bits per heavy atom. The molecule has 0 amide bonds. The summed E-state index contributed by atoms with van der Waals surface area (Å²) in [6, 6.07) is 0. The highest BCUT2D eigenvalue weighted by Crippen LogP contribution is 1.81. The first-order valence-electron chi connectivity index (χ1n) is 4.33. The lowest BCUT2D eigenvalue weighted by Crippen LogP contribution is -2.11. The van der Waals surface area contributed by atoms with E-state index in [0.29, 0.717) is 0 Å². The summed E-state index contributed by atoms with van der Waals surface area (Å²) in [4.78, 5) is 20.0.